The summed E-state index contributed by atoms with van der Waals surface area (Å²) in [5.74, 6) is 1.18. The molecule has 1 amide bonds. The smallest absolute Gasteiger partial charge is 0.227 e. The molecule has 0 atom stereocenters. The number of thiophene rings is 1. The number of halogens is 1. The Morgan fingerprint density at radius 2 is 2.00 bits per heavy atom. The molecule has 3 N–H and O–H groups in total. The Hall–Kier alpha value is -1.68. The highest BCUT2D eigenvalue weighted by atomic mass is 127. The summed E-state index contributed by atoms with van der Waals surface area (Å²) >= 11 is 1.75. The second-order valence-electron chi connectivity index (χ2n) is 5.33. The molecule has 0 aromatic carbocycles. The number of pyridine rings is 1. The lowest BCUT2D eigenvalue weighted by Gasteiger charge is -2.11. The van der Waals surface area contributed by atoms with E-state index in [-0.39, 0.29) is 29.9 Å². The van der Waals surface area contributed by atoms with Crippen LogP contribution in [0.15, 0.2) is 35.3 Å². The van der Waals surface area contributed by atoms with E-state index in [0.717, 1.165) is 12.2 Å². The van der Waals surface area contributed by atoms with Crippen molar-refractivity contribution in [3.05, 3.63) is 45.8 Å². The van der Waals surface area contributed by atoms with E-state index in [4.69, 9.17) is 0 Å². The zero-order chi connectivity index (χ0) is 17.4. The number of carbonyl (C=O) groups is 1. The Kier molecular flexibility index (Phi) is 9.43. The van der Waals surface area contributed by atoms with Crippen LogP contribution in [0.5, 0.6) is 0 Å². The van der Waals surface area contributed by atoms with Crippen LogP contribution in [0.4, 0.5) is 5.82 Å². The molecule has 0 aliphatic rings. The molecule has 2 rings (SSSR count). The number of aromatic nitrogens is 1. The summed E-state index contributed by atoms with van der Waals surface area (Å²) in [6.45, 7) is 5.20. The largest absolute Gasteiger partial charge is 0.356 e. The van der Waals surface area contributed by atoms with E-state index in [2.05, 4.69) is 45.0 Å². The third-order valence-corrected chi connectivity index (χ3v) is 4.25. The number of aryl methyl sites for hydroxylation is 2. The summed E-state index contributed by atoms with van der Waals surface area (Å²) in [6, 6.07) is 9.74. The summed E-state index contributed by atoms with van der Waals surface area (Å²) in [6.07, 6.45) is 0.342. The van der Waals surface area contributed by atoms with E-state index < -0.39 is 0 Å². The van der Waals surface area contributed by atoms with Crippen LogP contribution in [-0.4, -0.2) is 30.4 Å². The van der Waals surface area contributed by atoms with Gasteiger partial charge >= 0.3 is 0 Å². The normalized spacial score (nSPS) is 10.8. The second kappa shape index (κ2) is 11.0. The molecule has 2 aromatic heterocycles. The number of carbonyl (C=O) groups excluding carboxylic acids is 1. The Morgan fingerprint density at radius 1 is 1.20 bits per heavy atom. The molecule has 2 aromatic rings. The number of aliphatic imine (C=N–C) groups is 1. The van der Waals surface area contributed by atoms with Crippen molar-refractivity contribution in [3.63, 3.8) is 0 Å². The van der Waals surface area contributed by atoms with Crippen molar-refractivity contribution in [1.82, 2.24) is 15.6 Å². The number of hydrogen-bond acceptors (Lipinski definition) is 4. The van der Waals surface area contributed by atoms with Gasteiger partial charge in [0, 0.05) is 35.5 Å². The van der Waals surface area contributed by atoms with Crippen molar-refractivity contribution in [2.75, 3.05) is 18.9 Å². The summed E-state index contributed by atoms with van der Waals surface area (Å²) in [5.41, 5.74) is 0.874. The first-order valence-electron chi connectivity index (χ1n) is 7.80. The van der Waals surface area contributed by atoms with Crippen LogP contribution in [0.2, 0.25) is 0 Å². The van der Waals surface area contributed by atoms with Crippen LogP contribution < -0.4 is 16.0 Å². The van der Waals surface area contributed by atoms with Gasteiger partial charge in [-0.05, 0) is 38.1 Å². The van der Waals surface area contributed by atoms with Gasteiger partial charge in [-0.3, -0.25) is 9.79 Å². The van der Waals surface area contributed by atoms with E-state index in [1.807, 2.05) is 19.1 Å². The molecule has 0 aliphatic carbocycles. The second-order valence-corrected chi connectivity index (χ2v) is 6.70. The lowest BCUT2D eigenvalue weighted by atomic mass is 10.3. The molecule has 0 fully saturated rings. The lowest BCUT2D eigenvalue weighted by molar-refractivity contribution is -0.116. The quantitative estimate of drug-likeness (QED) is 0.343. The van der Waals surface area contributed by atoms with Crippen LogP contribution in [-0.2, 0) is 11.3 Å². The highest BCUT2D eigenvalue weighted by Crippen LogP contribution is 2.14. The predicted octanol–water partition coefficient (Wildman–Crippen LogP) is 3.07. The van der Waals surface area contributed by atoms with Crippen molar-refractivity contribution in [3.8, 4) is 0 Å². The van der Waals surface area contributed by atoms with Crippen molar-refractivity contribution >= 4 is 53.0 Å². The molecule has 8 heteroatoms. The topological polar surface area (TPSA) is 78.4 Å². The minimum Gasteiger partial charge on any atom is -0.356 e. The molecule has 2 heterocycles. The van der Waals surface area contributed by atoms with Gasteiger partial charge in [-0.15, -0.1) is 35.3 Å². The SMILES string of the molecule is CN=C(NCCC(=O)Nc1cccc(C)n1)NCc1ccc(C)s1.I. The lowest BCUT2D eigenvalue weighted by Crippen LogP contribution is -2.38. The average Bonchev–Trinajstić information content (AvgIpc) is 2.96. The van der Waals surface area contributed by atoms with Crippen LogP contribution >= 0.6 is 35.3 Å². The van der Waals surface area contributed by atoms with Gasteiger partial charge in [-0.25, -0.2) is 4.98 Å². The van der Waals surface area contributed by atoms with Crippen LogP contribution in [0, 0.1) is 13.8 Å². The van der Waals surface area contributed by atoms with Crippen molar-refractivity contribution in [2.45, 2.75) is 26.8 Å². The van der Waals surface area contributed by atoms with Crippen LogP contribution in [0.3, 0.4) is 0 Å². The molecule has 0 radical (unpaired) electrons. The van der Waals surface area contributed by atoms with Gasteiger partial charge in [-0.1, -0.05) is 6.07 Å². The fourth-order valence-corrected chi connectivity index (χ4v) is 2.91. The number of rotatable bonds is 6. The van der Waals surface area contributed by atoms with E-state index >= 15 is 0 Å². The standard InChI is InChI=1S/C17H23N5OS.HI/c1-12-5-4-6-15(21-12)22-16(23)9-10-19-17(18-3)20-11-14-8-7-13(2)24-14;/h4-8H,9-11H2,1-3H3,(H2,18,19,20)(H,21,22,23);1H. The Bertz CT molecular complexity index is 717. The summed E-state index contributed by atoms with van der Waals surface area (Å²) < 4.78 is 0. The number of amides is 1. The molecule has 0 unspecified atom stereocenters. The Labute approximate surface area is 169 Å². The van der Waals surface area contributed by atoms with E-state index in [9.17, 15) is 4.79 Å². The molecule has 6 nitrogen and oxygen atoms in total. The van der Waals surface area contributed by atoms with Crippen molar-refractivity contribution in [2.24, 2.45) is 4.99 Å². The van der Waals surface area contributed by atoms with Gasteiger partial charge in [0.2, 0.25) is 5.91 Å². The maximum absolute atomic E-state index is 11.9. The number of nitrogens with one attached hydrogen (secondary N) is 3. The van der Waals surface area contributed by atoms with Gasteiger partial charge in [0.15, 0.2) is 5.96 Å². The van der Waals surface area contributed by atoms with Crippen LogP contribution in [0.25, 0.3) is 0 Å². The first kappa shape index (κ1) is 21.4. The molecular weight excluding hydrogens is 449 g/mol. The van der Waals surface area contributed by atoms with Gasteiger partial charge < -0.3 is 16.0 Å². The Morgan fingerprint density at radius 3 is 2.64 bits per heavy atom. The third-order valence-electron chi connectivity index (χ3n) is 3.25. The number of guanidine groups is 1. The monoisotopic (exact) mass is 473 g/mol. The zero-order valence-corrected chi connectivity index (χ0v) is 17.8. The molecule has 0 saturated heterocycles. The molecule has 0 bridgehead atoms. The van der Waals surface area contributed by atoms with Gasteiger partial charge in [0.25, 0.3) is 0 Å². The minimum atomic E-state index is -0.0788. The van der Waals surface area contributed by atoms with Gasteiger partial charge in [0.05, 0.1) is 6.54 Å². The van der Waals surface area contributed by atoms with Crippen molar-refractivity contribution < 1.29 is 4.79 Å². The van der Waals surface area contributed by atoms with E-state index in [0.29, 0.717) is 24.7 Å². The third kappa shape index (κ3) is 7.82. The summed E-state index contributed by atoms with van der Waals surface area (Å²) in [7, 11) is 1.71. The van der Waals surface area contributed by atoms with Crippen LogP contribution in [0.1, 0.15) is 21.9 Å². The molecule has 0 aliphatic heterocycles. The van der Waals surface area contributed by atoms with Crippen molar-refractivity contribution in [1.29, 1.82) is 0 Å². The number of nitrogens with zero attached hydrogens (tertiary/aromatic N) is 2. The van der Waals surface area contributed by atoms with E-state index in [1.54, 1.807) is 24.5 Å². The zero-order valence-electron chi connectivity index (χ0n) is 14.6. The maximum Gasteiger partial charge on any atom is 0.227 e. The molecule has 136 valence electrons. The van der Waals surface area contributed by atoms with E-state index in [1.165, 1.54) is 9.75 Å². The summed E-state index contributed by atoms with van der Waals surface area (Å²) in [4.78, 5) is 22.9. The van der Waals surface area contributed by atoms with Gasteiger partial charge in [0.1, 0.15) is 5.82 Å². The molecular formula is C17H24IN5OS. The Balaban J connectivity index is 0.00000312. The number of hydrogen-bond donors (Lipinski definition) is 3. The minimum absolute atomic E-state index is 0. The fourth-order valence-electron chi connectivity index (χ4n) is 2.08. The maximum atomic E-state index is 11.9. The average molecular weight is 473 g/mol. The highest BCUT2D eigenvalue weighted by Gasteiger charge is 2.05. The summed E-state index contributed by atoms with van der Waals surface area (Å²) in [5, 5.41) is 9.16. The first-order chi connectivity index (χ1) is 11.6. The predicted molar refractivity (Wildman–Crippen MR) is 115 cm³/mol. The van der Waals surface area contributed by atoms with Gasteiger partial charge in [-0.2, -0.15) is 0 Å². The number of anilines is 1. The fraction of sp³-hybridized carbons (Fsp3) is 0.353. The highest BCUT2D eigenvalue weighted by molar-refractivity contribution is 14.0. The first-order valence-corrected chi connectivity index (χ1v) is 8.62. The molecule has 0 spiro atoms. The molecule has 0 saturated carbocycles. The molecule has 25 heavy (non-hydrogen) atoms.